The maximum Gasteiger partial charge on any atom is 0.239 e. The summed E-state index contributed by atoms with van der Waals surface area (Å²) in [7, 11) is 0. The lowest BCUT2D eigenvalue weighted by Gasteiger charge is -2.13. The average molecular weight is 268 g/mol. The Morgan fingerprint density at radius 3 is 2.89 bits per heavy atom. The summed E-state index contributed by atoms with van der Waals surface area (Å²) in [5.74, 6) is -0.787. The van der Waals surface area contributed by atoms with Gasteiger partial charge >= 0.3 is 0 Å². The molecule has 1 heterocycles. The van der Waals surface area contributed by atoms with E-state index in [4.69, 9.17) is 5.73 Å². The number of rotatable bonds is 3. The van der Waals surface area contributed by atoms with Gasteiger partial charge in [-0.25, -0.2) is 4.39 Å². The number of halogens is 1. The predicted octanol–water partition coefficient (Wildman–Crippen LogP) is 1.65. The fourth-order valence-electron chi connectivity index (χ4n) is 1.76. The Labute approximate surface area is 108 Å². The number of hydrogen-bond donors (Lipinski definition) is 1. The molecule has 0 spiro atoms. The van der Waals surface area contributed by atoms with Crippen LogP contribution in [0.3, 0.4) is 0 Å². The van der Waals surface area contributed by atoms with E-state index in [1.54, 1.807) is 6.07 Å². The monoisotopic (exact) mass is 268 g/mol. The van der Waals surface area contributed by atoms with Gasteiger partial charge < -0.3 is 5.73 Å². The first-order valence-electron chi connectivity index (χ1n) is 5.59. The summed E-state index contributed by atoms with van der Waals surface area (Å²) in [4.78, 5) is 24.7. The third-order valence-corrected chi connectivity index (χ3v) is 3.71. The summed E-state index contributed by atoms with van der Waals surface area (Å²) in [5, 5.41) is 0. The summed E-state index contributed by atoms with van der Waals surface area (Å²) in [5.41, 5.74) is 5.78. The zero-order valence-electron chi connectivity index (χ0n) is 9.69. The number of carbonyl (C=O) groups excluding carboxylic acids is 2. The molecule has 1 aromatic carbocycles. The third kappa shape index (κ3) is 2.81. The van der Waals surface area contributed by atoms with Gasteiger partial charge in [0.15, 0.2) is 0 Å². The summed E-state index contributed by atoms with van der Waals surface area (Å²) in [6.07, 6.45) is 1.14. The second-order valence-corrected chi connectivity index (χ2v) is 5.04. The number of hydrogen-bond acceptors (Lipinski definition) is 4. The van der Waals surface area contributed by atoms with E-state index in [9.17, 15) is 14.0 Å². The third-order valence-electron chi connectivity index (χ3n) is 2.68. The lowest BCUT2D eigenvalue weighted by molar-refractivity contribution is -0.140. The van der Waals surface area contributed by atoms with Gasteiger partial charge in [-0.05, 0) is 24.6 Å². The molecule has 2 rings (SSSR count). The van der Waals surface area contributed by atoms with E-state index in [1.165, 1.54) is 17.0 Å². The van der Waals surface area contributed by atoms with Crippen LogP contribution < -0.4 is 5.73 Å². The van der Waals surface area contributed by atoms with Crippen molar-refractivity contribution in [1.29, 1.82) is 0 Å². The molecule has 0 radical (unpaired) electrons. The number of likely N-dealkylation sites (tertiary alicyclic amines) is 1. The van der Waals surface area contributed by atoms with Crippen LogP contribution in [0.4, 0.5) is 10.1 Å². The first kappa shape index (κ1) is 12.9. The van der Waals surface area contributed by atoms with Crippen LogP contribution in [-0.4, -0.2) is 29.0 Å². The molecule has 0 atom stereocenters. The smallest absolute Gasteiger partial charge is 0.239 e. The minimum Gasteiger partial charge on any atom is -0.399 e. The molecule has 4 nitrogen and oxygen atoms in total. The number of amides is 2. The van der Waals surface area contributed by atoms with Gasteiger partial charge in [-0.3, -0.25) is 14.5 Å². The minimum atomic E-state index is -0.444. The second kappa shape index (κ2) is 5.39. The van der Waals surface area contributed by atoms with Gasteiger partial charge in [0.2, 0.25) is 11.8 Å². The van der Waals surface area contributed by atoms with Crippen LogP contribution in [0.1, 0.15) is 12.8 Å². The van der Waals surface area contributed by atoms with E-state index in [2.05, 4.69) is 0 Å². The molecule has 0 aliphatic carbocycles. The van der Waals surface area contributed by atoms with Crippen molar-refractivity contribution in [3.8, 4) is 0 Å². The normalized spacial score (nSPS) is 15.2. The van der Waals surface area contributed by atoms with Gasteiger partial charge in [-0.2, -0.15) is 0 Å². The molecule has 2 N–H and O–H groups in total. The maximum atomic E-state index is 13.5. The SMILES string of the molecule is Nc1ccc(SCC(=O)N2CCCC2=O)c(F)c1. The van der Waals surface area contributed by atoms with E-state index < -0.39 is 5.82 Å². The number of carbonyl (C=O) groups is 2. The van der Waals surface area contributed by atoms with E-state index in [-0.39, 0.29) is 17.6 Å². The highest BCUT2D eigenvalue weighted by Crippen LogP contribution is 2.24. The van der Waals surface area contributed by atoms with Crippen LogP contribution >= 0.6 is 11.8 Å². The molecule has 0 aromatic heterocycles. The van der Waals surface area contributed by atoms with E-state index >= 15 is 0 Å². The highest BCUT2D eigenvalue weighted by Gasteiger charge is 2.26. The van der Waals surface area contributed by atoms with Crippen LogP contribution in [-0.2, 0) is 9.59 Å². The molecule has 18 heavy (non-hydrogen) atoms. The van der Waals surface area contributed by atoms with Crippen LogP contribution in [0.5, 0.6) is 0 Å². The van der Waals surface area contributed by atoms with Gasteiger partial charge in [-0.1, -0.05) is 0 Å². The second-order valence-electron chi connectivity index (χ2n) is 4.02. The number of anilines is 1. The number of nitrogen functional groups attached to an aromatic ring is 1. The van der Waals surface area contributed by atoms with Gasteiger partial charge in [0.1, 0.15) is 5.82 Å². The fourth-order valence-corrected chi connectivity index (χ4v) is 2.56. The Balaban J connectivity index is 1.95. The number of nitrogens with two attached hydrogens (primary N) is 1. The summed E-state index contributed by atoms with van der Waals surface area (Å²) in [6.45, 7) is 0.475. The zero-order chi connectivity index (χ0) is 13.1. The molecule has 96 valence electrons. The summed E-state index contributed by atoms with van der Waals surface area (Å²) in [6, 6.07) is 4.33. The number of imide groups is 1. The van der Waals surface area contributed by atoms with Crippen molar-refractivity contribution < 1.29 is 14.0 Å². The molecule has 1 fully saturated rings. The predicted molar refractivity (Wildman–Crippen MR) is 67.5 cm³/mol. The van der Waals surface area contributed by atoms with Crippen molar-refractivity contribution in [3.05, 3.63) is 24.0 Å². The van der Waals surface area contributed by atoms with E-state index in [0.717, 1.165) is 11.8 Å². The Kier molecular flexibility index (Phi) is 3.86. The average Bonchev–Trinajstić information content (AvgIpc) is 2.74. The van der Waals surface area contributed by atoms with E-state index in [0.29, 0.717) is 30.0 Å². The molecule has 6 heteroatoms. The lowest BCUT2D eigenvalue weighted by Crippen LogP contribution is -2.33. The molecule has 0 saturated carbocycles. The van der Waals surface area contributed by atoms with Crippen molar-refractivity contribution in [1.82, 2.24) is 4.90 Å². The first-order valence-corrected chi connectivity index (χ1v) is 6.57. The van der Waals surface area contributed by atoms with Crippen molar-refractivity contribution in [2.24, 2.45) is 0 Å². The quantitative estimate of drug-likeness (QED) is 0.669. The van der Waals surface area contributed by atoms with Gasteiger partial charge in [0.25, 0.3) is 0 Å². The Bertz CT molecular complexity index is 493. The highest BCUT2D eigenvalue weighted by molar-refractivity contribution is 8.00. The highest BCUT2D eigenvalue weighted by atomic mass is 32.2. The Morgan fingerprint density at radius 1 is 1.50 bits per heavy atom. The molecule has 1 aliphatic rings. The van der Waals surface area contributed by atoms with E-state index in [1.807, 2.05) is 0 Å². The summed E-state index contributed by atoms with van der Waals surface area (Å²) >= 11 is 1.08. The Hall–Kier alpha value is -1.56. The topological polar surface area (TPSA) is 63.4 Å². The fraction of sp³-hybridized carbons (Fsp3) is 0.333. The molecule has 0 unspecified atom stereocenters. The lowest BCUT2D eigenvalue weighted by atomic mass is 10.3. The molecule has 2 amide bonds. The van der Waals surface area contributed by atoms with Crippen LogP contribution in [0.25, 0.3) is 0 Å². The number of benzene rings is 1. The standard InChI is InChI=1S/C12H13FN2O2S/c13-9-6-8(14)3-4-10(9)18-7-12(17)15-5-1-2-11(15)16/h3-4,6H,1-2,5,7,14H2. The number of thioether (sulfide) groups is 1. The van der Waals surface area contributed by atoms with Gasteiger partial charge in [0, 0.05) is 23.5 Å². The molecule has 1 saturated heterocycles. The molecule has 1 aliphatic heterocycles. The maximum absolute atomic E-state index is 13.5. The van der Waals surface area contributed by atoms with Crippen molar-refractivity contribution in [2.45, 2.75) is 17.7 Å². The van der Waals surface area contributed by atoms with Crippen molar-refractivity contribution in [2.75, 3.05) is 18.0 Å². The first-order chi connectivity index (χ1) is 8.58. The van der Waals surface area contributed by atoms with Crippen LogP contribution in [0.15, 0.2) is 23.1 Å². The zero-order valence-corrected chi connectivity index (χ0v) is 10.5. The van der Waals surface area contributed by atoms with Gasteiger partial charge in [0.05, 0.1) is 5.75 Å². The Morgan fingerprint density at radius 2 is 2.28 bits per heavy atom. The largest absolute Gasteiger partial charge is 0.399 e. The van der Waals surface area contributed by atoms with Crippen LogP contribution in [0, 0.1) is 5.82 Å². The minimum absolute atomic E-state index is 0.0621. The van der Waals surface area contributed by atoms with Crippen molar-refractivity contribution >= 4 is 29.3 Å². The molecular weight excluding hydrogens is 255 g/mol. The number of nitrogens with zero attached hydrogens (tertiary/aromatic N) is 1. The van der Waals surface area contributed by atoms with Crippen LogP contribution in [0.2, 0.25) is 0 Å². The molecule has 0 bridgehead atoms. The molecule has 1 aromatic rings. The van der Waals surface area contributed by atoms with Crippen molar-refractivity contribution in [3.63, 3.8) is 0 Å². The van der Waals surface area contributed by atoms with Gasteiger partial charge in [-0.15, -0.1) is 11.8 Å². The summed E-state index contributed by atoms with van der Waals surface area (Å²) < 4.78 is 13.5. The molecular formula is C12H13FN2O2S.